The van der Waals surface area contributed by atoms with Crippen LogP contribution in [-0.4, -0.2) is 18.0 Å². The summed E-state index contributed by atoms with van der Waals surface area (Å²) in [6, 6.07) is 11.0. The number of carbonyl (C=O) groups excluding carboxylic acids is 1. The number of phenols is 1. The van der Waals surface area contributed by atoms with Gasteiger partial charge in [0.05, 0.1) is 11.6 Å². The summed E-state index contributed by atoms with van der Waals surface area (Å²) in [6.45, 7) is 2.74. The molecule has 3 rings (SSSR count). The van der Waals surface area contributed by atoms with Crippen molar-refractivity contribution in [2.24, 2.45) is 0 Å². The number of rotatable bonds is 6. The molecule has 26 heavy (non-hydrogen) atoms. The summed E-state index contributed by atoms with van der Waals surface area (Å²) in [7, 11) is 0. The molecule has 136 valence electrons. The quantitative estimate of drug-likeness (QED) is 0.736. The summed E-state index contributed by atoms with van der Waals surface area (Å²) < 4.78 is 11.5. The predicted octanol–water partition coefficient (Wildman–Crippen LogP) is 4.86. The molecule has 0 amide bonds. The van der Waals surface area contributed by atoms with E-state index in [1.54, 1.807) is 24.3 Å². The number of phenolic OH excluding ortho intramolecular Hbond substituents is 1. The largest absolute Gasteiger partial charge is 0.508 e. The van der Waals surface area contributed by atoms with Gasteiger partial charge in [0.25, 0.3) is 0 Å². The molecule has 2 aromatic carbocycles. The minimum atomic E-state index is 0.239. The van der Waals surface area contributed by atoms with Gasteiger partial charge in [-0.3, -0.25) is 4.79 Å². The first-order valence-electron chi connectivity index (χ1n) is 8.67. The molecule has 0 fully saturated rings. The summed E-state index contributed by atoms with van der Waals surface area (Å²) in [4.78, 5) is 11.1. The third-order valence-electron chi connectivity index (χ3n) is 4.33. The highest BCUT2D eigenvalue weighted by atomic mass is 35.5. The van der Waals surface area contributed by atoms with Crippen molar-refractivity contribution < 1.29 is 19.4 Å². The van der Waals surface area contributed by atoms with Crippen LogP contribution in [0.4, 0.5) is 0 Å². The highest BCUT2D eigenvalue weighted by molar-refractivity contribution is 6.50. The first-order valence-corrected chi connectivity index (χ1v) is 9.04. The van der Waals surface area contributed by atoms with Crippen LogP contribution in [0.25, 0.3) is 5.03 Å². The standard InChI is InChI=1S/C21H21ClO4/c1-2-3-14-4-5-16(19(24)10-14)13-26-17-6-7-18-20(11-17)25-9-8-15(12-23)21(18)22/h4-7,10-12,24H,2-3,8-9,13H2,1H3. The van der Waals surface area contributed by atoms with Crippen LogP contribution in [0.5, 0.6) is 17.2 Å². The van der Waals surface area contributed by atoms with E-state index in [1.165, 1.54) is 0 Å². The van der Waals surface area contributed by atoms with Crippen molar-refractivity contribution in [3.05, 3.63) is 58.7 Å². The topological polar surface area (TPSA) is 55.8 Å². The molecule has 0 spiro atoms. The summed E-state index contributed by atoms with van der Waals surface area (Å²) >= 11 is 6.30. The summed E-state index contributed by atoms with van der Waals surface area (Å²) in [5, 5.41) is 10.6. The van der Waals surface area contributed by atoms with E-state index >= 15 is 0 Å². The number of hydrogen-bond donors (Lipinski definition) is 1. The Bertz CT molecular complexity index is 842. The molecular formula is C21H21ClO4. The van der Waals surface area contributed by atoms with Gasteiger partial charge >= 0.3 is 0 Å². The number of halogens is 1. The van der Waals surface area contributed by atoms with Crippen molar-refractivity contribution in [3.8, 4) is 17.2 Å². The molecule has 4 nitrogen and oxygen atoms in total. The van der Waals surface area contributed by atoms with Crippen LogP contribution < -0.4 is 9.47 Å². The van der Waals surface area contributed by atoms with Crippen molar-refractivity contribution >= 4 is 22.9 Å². The van der Waals surface area contributed by atoms with Gasteiger partial charge < -0.3 is 14.6 Å². The molecular weight excluding hydrogens is 352 g/mol. The molecule has 1 N–H and O–H groups in total. The lowest BCUT2D eigenvalue weighted by molar-refractivity contribution is -0.105. The second-order valence-corrected chi connectivity index (χ2v) is 6.59. The van der Waals surface area contributed by atoms with Crippen LogP contribution in [0.15, 0.2) is 42.0 Å². The van der Waals surface area contributed by atoms with E-state index in [9.17, 15) is 9.90 Å². The number of aldehydes is 1. The fraction of sp³-hybridized carbons (Fsp3) is 0.286. The molecule has 0 aliphatic carbocycles. The lowest BCUT2D eigenvalue weighted by Gasteiger charge is -2.12. The molecule has 0 radical (unpaired) electrons. The molecule has 5 heteroatoms. The third-order valence-corrected chi connectivity index (χ3v) is 4.77. The van der Waals surface area contributed by atoms with Gasteiger partial charge in [0.2, 0.25) is 0 Å². The van der Waals surface area contributed by atoms with Crippen LogP contribution in [0.1, 0.15) is 36.5 Å². The van der Waals surface area contributed by atoms with E-state index in [2.05, 4.69) is 6.92 Å². The summed E-state index contributed by atoms with van der Waals surface area (Å²) in [5.74, 6) is 1.44. The van der Waals surface area contributed by atoms with E-state index in [0.717, 1.165) is 30.3 Å². The minimum Gasteiger partial charge on any atom is -0.508 e. The Labute approximate surface area is 158 Å². The van der Waals surface area contributed by atoms with Crippen molar-refractivity contribution in [3.63, 3.8) is 0 Å². The third kappa shape index (κ3) is 4.02. The van der Waals surface area contributed by atoms with Gasteiger partial charge in [-0.1, -0.05) is 37.1 Å². The van der Waals surface area contributed by atoms with Crippen molar-refractivity contribution in [2.75, 3.05) is 6.61 Å². The zero-order valence-electron chi connectivity index (χ0n) is 14.6. The van der Waals surface area contributed by atoms with E-state index < -0.39 is 0 Å². The summed E-state index contributed by atoms with van der Waals surface area (Å²) in [5.41, 5.74) is 3.06. The summed E-state index contributed by atoms with van der Waals surface area (Å²) in [6.07, 6.45) is 3.22. The van der Waals surface area contributed by atoms with Gasteiger partial charge in [-0.15, -0.1) is 0 Å². The number of aryl methyl sites for hydroxylation is 1. The fourth-order valence-electron chi connectivity index (χ4n) is 2.89. The monoisotopic (exact) mass is 372 g/mol. The molecule has 0 bridgehead atoms. The van der Waals surface area contributed by atoms with Gasteiger partial charge in [0.1, 0.15) is 30.1 Å². The number of ether oxygens (including phenoxy) is 2. The number of hydrogen-bond acceptors (Lipinski definition) is 4. The highest BCUT2D eigenvalue weighted by Gasteiger charge is 2.17. The Kier molecular flexibility index (Phi) is 5.84. The van der Waals surface area contributed by atoms with Gasteiger partial charge in [0, 0.05) is 29.2 Å². The van der Waals surface area contributed by atoms with Crippen molar-refractivity contribution in [2.45, 2.75) is 32.8 Å². The molecule has 0 aromatic heterocycles. The SMILES string of the molecule is CCCc1ccc(COc2ccc3c(c2)OCCC(C=O)=C3Cl)c(O)c1. The maximum Gasteiger partial charge on any atom is 0.147 e. The van der Waals surface area contributed by atoms with Crippen LogP contribution in [0.2, 0.25) is 0 Å². The number of carbonyl (C=O) groups is 1. The Morgan fingerprint density at radius 1 is 1.27 bits per heavy atom. The van der Waals surface area contributed by atoms with Crippen molar-refractivity contribution in [1.29, 1.82) is 0 Å². The van der Waals surface area contributed by atoms with E-state index in [-0.39, 0.29) is 12.4 Å². The smallest absolute Gasteiger partial charge is 0.147 e. The van der Waals surface area contributed by atoms with Crippen LogP contribution in [0, 0.1) is 0 Å². The normalized spacial score (nSPS) is 13.6. The second-order valence-electron chi connectivity index (χ2n) is 6.22. The zero-order valence-corrected chi connectivity index (χ0v) is 15.4. The molecule has 0 unspecified atom stereocenters. The van der Waals surface area contributed by atoms with Gasteiger partial charge in [-0.25, -0.2) is 0 Å². The fourth-order valence-corrected chi connectivity index (χ4v) is 3.19. The molecule has 1 heterocycles. The Morgan fingerprint density at radius 3 is 2.85 bits per heavy atom. The lowest BCUT2D eigenvalue weighted by Crippen LogP contribution is -1.99. The molecule has 2 aromatic rings. The number of aromatic hydroxyl groups is 1. The minimum absolute atomic E-state index is 0.239. The molecule has 0 saturated carbocycles. The maximum atomic E-state index is 11.1. The highest BCUT2D eigenvalue weighted by Crippen LogP contribution is 2.37. The Hall–Kier alpha value is -2.46. The molecule has 1 aliphatic rings. The van der Waals surface area contributed by atoms with E-state index in [0.29, 0.717) is 40.7 Å². The van der Waals surface area contributed by atoms with Crippen LogP contribution in [0.3, 0.4) is 0 Å². The Balaban J connectivity index is 1.75. The number of benzene rings is 2. The van der Waals surface area contributed by atoms with Crippen molar-refractivity contribution in [1.82, 2.24) is 0 Å². The first-order chi connectivity index (χ1) is 12.6. The predicted molar refractivity (Wildman–Crippen MR) is 102 cm³/mol. The molecule has 1 aliphatic heterocycles. The second kappa shape index (κ2) is 8.28. The lowest BCUT2D eigenvalue weighted by atomic mass is 10.1. The average Bonchev–Trinajstić information content (AvgIpc) is 2.79. The molecule has 0 atom stereocenters. The Morgan fingerprint density at radius 2 is 2.12 bits per heavy atom. The maximum absolute atomic E-state index is 11.1. The van der Waals surface area contributed by atoms with Crippen LogP contribution >= 0.6 is 11.6 Å². The zero-order chi connectivity index (χ0) is 18.5. The van der Waals surface area contributed by atoms with Gasteiger partial charge in [-0.2, -0.15) is 0 Å². The first kappa shape index (κ1) is 18.3. The van der Waals surface area contributed by atoms with Gasteiger partial charge in [0.15, 0.2) is 0 Å². The number of fused-ring (bicyclic) bond motifs is 1. The van der Waals surface area contributed by atoms with E-state index in [1.807, 2.05) is 12.1 Å². The van der Waals surface area contributed by atoms with Crippen LogP contribution in [-0.2, 0) is 17.8 Å². The molecule has 0 saturated heterocycles. The average molecular weight is 373 g/mol. The van der Waals surface area contributed by atoms with Gasteiger partial charge in [-0.05, 0) is 30.2 Å². The van der Waals surface area contributed by atoms with E-state index in [4.69, 9.17) is 21.1 Å².